The molecule has 2 saturated heterocycles. The number of sulfone groups is 1. The highest BCUT2D eigenvalue weighted by atomic mass is 32.2. The quantitative estimate of drug-likeness (QED) is 0.558. The summed E-state index contributed by atoms with van der Waals surface area (Å²) >= 11 is 0. The second kappa shape index (κ2) is 8.50. The van der Waals surface area contributed by atoms with Gasteiger partial charge in [0, 0.05) is 24.1 Å². The smallest absolute Gasteiger partial charge is 0.408 e. The monoisotopic (exact) mass is 546 g/mol. The van der Waals surface area contributed by atoms with Gasteiger partial charge >= 0.3 is 12.3 Å². The van der Waals surface area contributed by atoms with Gasteiger partial charge in [0.2, 0.25) is 5.95 Å². The molecule has 2 aromatic rings. The lowest BCUT2D eigenvalue weighted by Crippen LogP contribution is -2.56. The molecule has 0 radical (unpaired) electrons. The van der Waals surface area contributed by atoms with E-state index in [9.17, 15) is 40.3 Å². The third-order valence-corrected chi connectivity index (χ3v) is 9.07. The van der Waals surface area contributed by atoms with E-state index in [0.29, 0.717) is 11.1 Å². The van der Waals surface area contributed by atoms with E-state index in [-0.39, 0.29) is 55.0 Å². The lowest BCUT2D eigenvalue weighted by Gasteiger charge is -2.42. The molecule has 37 heavy (non-hydrogen) atoms. The van der Waals surface area contributed by atoms with E-state index in [2.05, 4.69) is 15.3 Å². The highest BCUT2D eigenvalue weighted by Gasteiger charge is 2.51. The van der Waals surface area contributed by atoms with Crippen LogP contribution in [0.5, 0.6) is 0 Å². The van der Waals surface area contributed by atoms with Crippen LogP contribution in [0.1, 0.15) is 42.5 Å². The maximum Gasteiger partial charge on any atom is 0.408 e. The fourth-order valence-electron chi connectivity index (χ4n) is 5.27. The Morgan fingerprint density at radius 3 is 2.27 bits per heavy atom. The summed E-state index contributed by atoms with van der Waals surface area (Å²) in [6, 6.07) is 4.34. The second-order valence-electron chi connectivity index (χ2n) is 9.68. The minimum atomic E-state index is -4.55. The molecule has 1 aromatic carbocycles. The first kappa shape index (κ1) is 25.6. The molecule has 0 unspecified atom stereocenters. The summed E-state index contributed by atoms with van der Waals surface area (Å²) in [5.74, 6) is -4.12. The number of hydrogen-bond acceptors (Lipinski definition) is 6. The average molecular weight is 547 g/mol. The van der Waals surface area contributed by atoms with Gasteiger partial charge in [0.05, 0.1) is 22.7 Å². The van der Waals surface area contributed by atoms with Crippen LogP contribution in [-0.4, -0.2) is 59.9 Å². The predicted octanol–water partition coefficient (Wildman–Crippen LogP) is 3.99. The minimum absolute atomic E-state index is 0.0147. The van der Waals surface area contributed by atoms with Crippen molar-refractivity contribution in [2.24, 2.45) is 0 Å². The topological polar surface area (TPSA) is 112 Å². The fourth-order valence-corrected chi connectivity index (χ4v) is 6.79. The van der Waals surface area contributed by atoms with E-state index in [1.165, 1.54) is 12.1 Å². The molecule has 0 bridgehead atoms. The number of nitrogens with one attached hydrogen (secondary N) is 1. The minimum Gasteiger partial charge on any atom is -0.465 e. The number of hydrogen-bond donors (Lipinski definition) is 2. The molecule has 3 aliphatic rings. The highest BCUT2D eigenvalue weighted by molar-refractivity contribution is 7.91. The number of carboxylic acid groups (broad SMARTS) is 1. The van der Waals surface area contributed by atoms with Gasteiger partial charge in [-0.05, 0) is 31.2 Å². The Labute approximate surface area is 208 Å². The third-order valence-electron chi connectivity index (χ3n) is 7.42. The van der Waals surface area contributed by atoms with Crippen LogP contribution in [0.3, 0.4) is 0 Å². The maximum absolute atomic E-state index is 14.6. The van der Waals surface area contributed by atoms with Crippen LogP contribution in [0.25, 0.3) is 11.3 Å². The predicted molar refractivity (Wildman–Crippen MR) is 122 cm³/mol. The molecule has 2 aliphatic heterocycles. The summed E-state index contributed by atoms with van der Waals surface area (Å²) in [4.78, 5) is 20.5. The zero-order valence-corrected chi connectivity index (χ0v) is 20.2. The largest absolute Gasteiger partial charge is 0.465 e. The van der Waals surface area contributed by atoms with Gasteiger partial charge in [-0.15, -0.1) is 0 Å². The highest BCUT2D eigenvalue weighted by Crippen LogP contribution is 2.46. The number of amides is 1. The molecule has 8 nitrogen and oxygen atoms in total. The van der Waals surface area contributed by atoms with Crippen molar-refractivity contribution in [2.45, 2.75) is 55.8 Å². The molecular weight excluding hydrogens is 523 g/mol. The average Bonchev–Trinajstić information content (AvgIpc) is 3.07. The zero-order chi connectivity index (χ0) is 26.8. The lowest BCUT2D eigenvalue weighted by atomic mass is 9.83. The van der Waals surface area contributed by atoms with Crippen LogP contribution in [0.4, 0.5) is 32.7 Å². The van der Waals surface area contributed by atoms with E-state index < -0.39 is 57.7 Å². The van der Waals surface area contributed by atoms with Crippen molar-refractivity contribution < 1.29 is 40.3 Å². The van der Waals surface area contributed by atoms with Gasteiger partial charge < -0.3 is 15.3 Å². The van der Waals surface area contributed by atoms with E-state index in [1.807, 2.05) is 0 Å². The van der Waals surface area contributed by atoms with Crippen LogP contribution in [-0.2, 0) is 27.7 Å². The molecule has 2 N–H and O–H groups in total. The Hall–Kier alpha value is -3.03. The Balaban J connectivity index is 1.54. The number of rotatable bonds is 4. The first-order chi connectivity index (χ1) is 17.2. The van der Waals surface area contributed by atoms with Crippen molar-refractivity contribution >= 4 is 21.9 Å². The lowest BCUT2D eigenvalue weighted by molar-refractivity contribution is -0.160. The van der Waals surface area contributed by atoms with Gasteiger partial charge in [-0.2, -0.15) is 22.0 Å². The van der Waals surface area contributed by atoms with Crippen molar-refractivity contribution in [3.05, 3.63) is 41.1 Å². The summed E-state index contributed by atoms with van der Waals surface area (Å²) in [7, 11) is -3.30. The molecule has 2 fully saturated rings. The van der Waals surface area contributed by atoms with E-state index in [4.69, 9.17) is 0 Å². The number of benzene rings is 1. The Bertz CT molecular complexity index is 1330. The number of alkyl halides is 5. The van der Waals surface area contributed by atoms with E-state index >= 15 is 0 Å². The van der Waals surface area contributed by atoms with E-state index in [1.54, 1.807) is 12.1 Å². The van der Waals surface area contributed by atoms with Crippen LogP contribution >= 0.6 is 0 Å². The summed E-state index contributed by atoms with van der Waals surface area (Å²) < 4.78 is 93.2. The number of nitrogens with zero attached hydrogens (tertiary/aromatic N) is 3. The SMILES string of the molecule is O=C(O)NC1(c2ccc(-c3nc(N4CC[C@@H]4C(F)(F)F)nc4c3CCC4(F)F)cc2)CCS(=O)(=O)CC1. The van der Waals surface area contributed by atoms with Crippen molar-refractivity contribution in [1.82, 2.24) is 15.3 Å². The van der Waals surface area contributed by atoms with Crippen LogP contribution in [0, 0.1) is 0 Å². The van der Waals surface area contributed by atoms with Crippen molar-refractivity contribution in [3.63, 3.8) is 0 Å². The second-order valence-corrected chi connectivity index (χ2v) is 12.0. The van der Waals surface area contributed by atoms with Gasteiger partial charge in [0.1, 0.15) is 11.7 Å². The molecule has 14 heteroatoms. The molecule has 1 aromatic heterocycles. The normalized spacial score (nSPS) is 23.7. The zero-order valence-electron chi connectivity index (χ0n) is 19.4. The van der Waals surface area contributed by atoms with E-state index in [0.717, 1.165) is 4.90 Å². The van der Waals surface area contributed by atoms with Crippen LogP contribution in [0.15, 0.2) is 24.3 Å². The number of anilines is 1. The standard InChI is InChI=1S/C23H23F5N4O4S/c24-22(25)7-5-15-17(29-19(30-18(15)22)32-10-6-16(32)23(26,27)28)13-1-3-14(4-2-13)21(31-20(33)34)8-11-37(35,36)12-9-21/h1-4,16,31H,5-12H2,(H,33,34)/t16-/m1/s1. The van der Waals surface area contributed by atoms with Gasteiger partial charge in [-0.25, -0.2) is 23.2 Å². The van der Waals surface area contributed by atoms with Crippen molar-refractivity contribution in [3.8, 4) is 11.3 Å². The molecule has 200 valence electrons. The first-order valence-electron chi connectivity index (χ1n) is 11.7. The summed E-state index contributed by atoms with van der Waals surface area (Å²) in [6.45, 7) is -0.0147. The third kappa shape index (κ3) is 4.59. The molecule has 1 amide bonds. The molecular formula is C23H23F5N4O4S. The Morgan fingerprint density at radius 1 is 1.08 bits per heavy atom. The van der Waals surface area contributed by atoms with Gasteiger partial charge in [-0.1, -0.05) is 24.3 Å². The summed E-state index contributed by atoms with van der Waals surface area (Å²) in [5.41, 5.74) is -0.621. The van der Waals surface area contributed by atoms with Crippen molar-refractivity contribution in [2.75, 3.05) is 23.0 Å². The molecule has 0 saturated carbocycles. The van der Waals surface area contributed by atoms with Crippen LogP contribution < -0.4 is 10.2 Å². The summed E-state index contributed by atoms with van der Waals surface area (Å²) in [5, 5.41) is 11.8. The van der Waals surface area contributed by atoms with Gasteiger partial charge in [0.25, 0.3) is 5.92 Å². The molecule has 1 aliphatic carbocycles. The Morgan fingerprint density at radius 2 is 1.73 bits per heavy atom. The number of halogens is 5. The van der Waals surface area contributed by atoms with Crippen molar-refractivity contribution in [1.29, 1.82) is 0 Å². The number of fused-ring (bicyclic) bond motifs is 1. The molecule has 0 spiro atoms. The number of carbonyl (C=O) groups is 1. The molecule has 5 rings (SSSR count). The first-order valence-corrected chi connectivity index (χ1v) is 13.5. The maximum atomic E-state index is 14.6. The van der Waals surface area contributed by atoms with Gasteiger partial charge in [0.15, 0.2) is 9.84 Å². The van der Waals surface area contributed by atoms with Gasteiger partial charge in [-0.3, -0.25) is 0 Å². The summed E-state index contributed by atoms with van der Waals surface area (Å²) in [6.07, 6.45) is -6.60. The molecule has 1 atom stereocenters. The fraction of sp³-hybridized carbons (Fsp3) is 0.522. The number of aromatic nitrogens is 2. The Kier molecular flexibility index (Phi) is 5.88. The van der Waals surface area contributed by atoms with Crippen LogP contribution in [0.2, 0.25) is 0 Å². The molecule has 3 heterocycles.